The normalized spacial score (nSPS) is 24.3. The summed E-state index contributed by atoms with van der Waals surface area (Å²) in [5.41, 5.74) is 5.62. The van der Waals surface area contributed by atoms with Gasteiger partial charge in [0.15, 0.2) is 17.5 Å². The third-order valence-corrected chi connectivity index (χ3v) is 5.80. The van der Waals surface area contributed by atoms with Crippen molar-refractivity contribution in [2.45, 2.75) is 50.6 Å². The molecule has 1 saturated carbocycles. The predicted octanol–water partition coefficient (Wildman–Crippen LogP) is 3.57. The van der Waals surface area contributed by atoms with Crippen molar-refractivity contribution in [3.63, 3.8) is 0 Å². The van der Waals surface area contributed by atoms with E-state index in [1.807, 2.05) is 0 Å². The number of nitrogens with two attached hydrogens (primary N) is 1. The molecule has 1 atom stereocenters. The molecule has 0 radical (unpaired) electrons. The summed E-state index contributed by atoms with van der Waals surface area (Å²) in [7, 11) is 0. The van der Waals surface area contributed by atoms with Crippen LogP contribution < -0.4 is 16.4 Å². The lowest BCUT2D eigenvalue weighted by atomic mass is 9.96. The van der Waals surface area contributed by atoms with Crippen molar-refractivity contribution in [1.82, 2.24) is 10.2 Å². The fourth-order valence-electron chi connectivity index (χ4n) is 4.24. The molecule has 0 bridgehead atoms. The highest BCUT2D eigenvalue weighted by Crippen LogP contribution is 2.28. The molecule has 2 heterocycles. The molecule has 0 aromatic heterocycles. The molecule has 2 fully saturated rings. The maximum Gasteiger partial charge on any atom is 0.210 e. The summed E-state index contributed by atoms with van der Waals surface area (Å²) in [6.07, 6.45) is 7.59. The molecule has 10 heteroatoms. The molecular formula is C22H27F3N6O. The van der Waals surface area contributed by atoms with Gasteiger partial charge in [-0.3, -0.25) is 4.90 Å². The summed E-state index contributed by atoms with van der Waals surface area (Å²) < 4.78 is 47.4. The topological polar surface area (TPSA) is 87.3 Å². The SMILES string of the molecule is C=C(/N=C1\C(=C/N)N=C(Nc2c(F)cc(F)cc2F)N1[C@H]1CCOC1)NC1CCCCC1. The number of anilines is 1. The smallest absolute Gasteiger partial charge is 0.210 e. The van der Waals surface area contributed by atoms with Crippen molar-refractivity contribution in [1.29, 1.82) is 0 Å². The summed E-state index contributed by atoms with van der Waals surface area (Å²) in [5, 5.41) is 6.01. The van der Waals surface area contributed by atoms with Gasteiger partial charge in [0.1, 0.15) is 23.0 Å². The summed E-state index contributed by atoms with van der Waals surface area (Å²) in [6.45, 7) is 4.95. The molecule has 0 spiro atoms. The second-order valence-corrected chi connectivity index (χ2v) is 8.11. The van der Waals surface area contributed by atoms with E-state index in [1.54, 1.807) is 4.90 Å². The van der Waals surface area contributed by atoms with E-state index in [-0.39, 0.29) is 12.0 Å². The van der Waals surface area contributed by atoms with Gasteiger partial charge in [-0.1, -0.05) is 25.8 Å². The molecule has 1 aromatic rings. The Bertz CT molecular complexity index is 941. The van der Waals surface area contributed by atoms with Gasteiger partial charge in [-0.25, -0.2) is 23.2 Å². The maximum absolute atomic E-state index is 14.3. The van der Waals surface area contributed by atoms with E-state index >= 15 is 0 Å². The number of rotatable bonds is 5. The first-order valence-corrected chi connectivity index (χ1v) is 10.8. The number of halogens is 3. The Morgan fingerprint density at radius 1 is 1.19 bits per heavy atom. The number of benzene rings is 1. The van der Waals surface area contributed by atoms with Crippen molar-refractivity contribution < 1.29 is 17.9 Å². The van der Waals surface area contributed by atoms with Gasteiger partial charge >= 0.3 is 0 Å². The van der Waals surface area contributed by atoms with Crippen LogP contribution in [-0.2, 0) is 4.74 Å². The molecule has 172 valence electrons. The molecule has 3 aliphatic rings. The predicted molar refractivity (Wildman–Crippen MR) is 117 cm³/mol. The Balaban J connectivity index is 1.63. The van der Waals surface area contributed by atoms with E-state index in [0.29, 0.717) is 55.2 Å². The van der Waals surface area contributed by atoms with E-state index in [2.05, 4.69) is 27.2 Å². The highest BCUT2D eigenvalue weighted by Gasteiger charge is 2.37. The molecule has 32 heavy (non-hydrogen) atoms. The number of ether oxygens (including phenoxy) is 1. The van der Waals surface area contributed by atoms with Gasteiger partial charge in [0.25, 0.3) is 0 Å². The van der Waals surface area contributed by atoms with Crippen molar-refractivity contribution in [3.05, 3.63) is 53.9 Å². The molecule has 0 amide bonds. The fraction of sp³-hybridized carbons (Fsp3) is 0.455. The van der Waals surface area contributed by atoms with Gasteiger partial charge in [-0.2, -0.15) is 0 Å². The van der Waals surface area contributed by atoms with Gasteiger partial charge in [-0.15, -0.1) is 0 Å². The van der Waals surface area contributed by atoms with Crippen LogP contribution >= 0.6 is 0 Å². The minimum atomic E-state index is -1.07. The average molecular weight is 448 g/mol. The zero-order valence-electron chi connectivity index (χ0n) is 17.7. The number of hydrogen-bond acceptors (Lipinski definition) is 6. The Labute approximate surface area is 184 Å². The van der Waals surface area contributed by atoms with Crippen LogP contribution in [-0.4, -0.2) is 42.0 Å². The van der Waals surface area contributed by atoms with E-state index in [1.165, 1.54) is 12.6 Å². The second-order valence-electron chi connectivity index (χ2n) is 8.11. The van der Waals surface area contributed by atoms with Crippen LogP contribution in [0.5, 0.6) is 0 Å². The largest absolute Gasteiger partial charge is 0.403 e. The molecule has 4 rings (SSSR count). The van der Waals surface area contributed by atoms with Crippen LogP contribution in [0.1, 0.15) is 38.5 Å². The molecule has 7 nitrogen and oxygen atoms in total. The third kappa shape index (κ3) is 4.74. The Hall–Kier alpha value is -3.01. The summed E-state index contributed by atoms with van der Waals surface area (Å²) >= 11 is 0. The van der Waals surface area contributed by atoms with E-state index in [0.717, 1.165) is 25.7 Å². The Morgan fingerprint density at radius 3 is 2.53 bits per heavy atom. The summed E-state index contributed by atoms with van der Waals surface area (Å²) in [5.74, 6) is -2.15. The minimum Gasteiger partial charge on any atom is -0.403 e. The average Bonchev–Trinajstić information content (AvgIpc) is 3.39. The summed E-state index contributed by atoms with van der Waals surface area (Å²) in [4.78, 5) is 10.7. The zero-order chi connectivity index (χ0) is 22.7. The van der Waals surface area contributed by atoms with Crippen LogP contribution in [0.4, 0.5) is 18.9 Å². The quantitative estimate of drug-likeness (QED) is 0.641. The van der Waals surface area contributed by atoms with E-state index in [9.17, 15) is 13.2 Å². The first kappa shape index (κ1) is 22.2. The van der Waals surface area contributed by atoms with Crippen molar-refractivity contribution in [2.24, 2.45) is 15.7 Å². The lowest BCUT2D eigenvalue weighted by molar-refractivity contribution is 0.184. The fourth-order valence-corrected chi connectivity index (χ4v) is 4.24. The first-order chi connectivity index (χ1) is 15.5. The monoisotopic (exact) mass is 448 g/mol. The molecule has 1 aliphatic carbocycles. The molecule has 1 saturated heterocycles. The van der Waals surface area contributed by atoms with Crippen LogP contribution in [0.2, 0.25) is 0 Å². The van der Waals surface area contributed by atoms with Gasteiger partial charge < -0.3 is 21.1 Å². The van der Waals surface area contributed by atoms with Crippen molar-refractivity contribution in [2.75, 3.05) is 18.5 Å². The van der Waals surface area contributed by atoms with Gasteiger partial charge in [0.2, 0.25) is 5.96 Å². The van der Waals surface area contributed by atoms with E-state index < -0.39 is 23.1 Å². The molecule has 1 aromatic carbocycles. The zero-order valence-corrected chi connectivity index (χ0v) is 17.7. The second kappa shape index (κ2) is 9.64. The van der Waals surface area contributed by atoms with Crippen molar-refractivity contribution >= 4 is 17.5 Å². The van der Waals surface area contributed by atoms with Gasteiger partial charge in [-0.05, 0) is 19.3 Å². The molecular weight excluding hydrogens is 421 g/mol. The van der Waals surface area contributed by atoms with Gasteiger partial charge in [0, 0.05) is 31.0 Å². The number of guanidine groups is 1. The molecule has 4 N–H and O–H groups in total. The molecule has 2 aliphatic heterocycles. The first-order valence-electron chi connectivity index (χ1n) is 10.8. The van der Waals surface area contributed by atoms with Crippen LogP contribution in [0.15, 0.2) is 46.4 Å². The standard InChI is InChI=1S/C22H27F3N6O/c1-13(27-15-5-3-2-4-6-15)28-21-19(11-26)29-22(31(21)16-7-8-32-12-16)30-20-17(24)9-14(23)10-18(20)25/h9-11,15-16,27H,1-8,12,26H2,(H,29,30)/b19-11+,28-21+/t16-/m0/s1. The Morgan fingerprint density at radius 2 is 1.91 bits per heavy atom. The summed E-state index contributed by atoms with van der Waals surface area (Å²) in [6, 6.07) is 1.34. The van der Waals surface area contributed by atoms with Crippen LogP contribution in [0, 0.1) is 17.5 Å². The number of aliphatic imine (C=N–C) groups is 2. The lowest BCUT2D eigenvalue weighted by Gasteiger charge is -2.28. The highest BCUT2D eigenvalue weighted by atomic mass is 19.1. The Kier molecular flexibility index (Phi) is 6.69. The number of amidine groups is 1. The van der Waals surface area contributed by atoms with Crippen molar-refractivity contribution in [3.8, 4) is 0 Å². The third-order valence-electron chi connectivity index (χ3n) is 5.80. The molecule has 0 unspecified atom stereocenters. The highest BCUT2D eigenvalue weighted by molar-refractivity contribution is 6.18. The number of nitrogens with zero attached hydrogens (tertiary/aromatic N) is 3. The maximum atomic E-state index is 14.3. The van der Waals surface area contributed by atoms with Crippen LogP contribution in [0.3, 0.4) is 0 Å². The van der Waals surface area contributed by atoms with Crippen LogP contribution in [0.25, 0.3) is 0 Å². The number of nitrogens with one attached hydrogen (secondary N) is 2. The lowest BCUT2D eigenvalue weighted by Crippen LogP contribution is -2.45. The van der Waals surface area contributed by atoms with E-state index in [4.69, 9.17) is 10.5 Å². The van der Waals surface area contributed by atoms with Gasteiger partial charge in [0.05, 0.1) is 12.6 Å². The number of hydrogen-bond donors (Lipinski definition) is 3. The minimum absolute atomic E-state index is 0.130.